The van der Waals surface area contributed by atoms with Crippen LogP contribution < -0.4 is 10.6 Å². The van der Waals surface area contributed by atoms with E-state index < -0.39 is 0 Å². The summed E-state index contributed by atoms with van der Waals surface area (Å²) in [6.45, 7) is 3.18. The summed E-state index contributed by atoms with van der Waals surface area (Å²) in [6, 6.07) is 3.77. The Morgan fingerprint density at radius 1 is 1.35 bits per heavy atom. The molecule has 23 heavy (non-hydrogen) atoms. The molecule has 2 N–H and O–H groups in total. The Kier molecular flexibility index (Phi) is 6.87. The highest BCUT2D eigenvalue weighted by Gasteiger charge is 2.27. The molecule has 3 heterocycles. The van der Waals surface area contributed by atoms with Gasteiger partial charge in [-0.2, -0.15) is 0 Å². The molecule has 0 bridgehead atoms. The molecule has 0 aliphatic carbocycles. The van der Waals surface area contributed by atoms with Crippen LogP contribution in [-0.2, 0) is 4.79 Å². The number of nitrogens with zero attached hydrogens (tertiary/aromatic N) is 1. The van der Waals surface area contributed by atoms with E-state index in [1.165, 1.54) is 11.3 Å². The topological polar surface area (TPSA) is 61.4 Å². The zero-order chi connectivity index (χ0) is 15.4. The number of amides is 2. The van der Waals surface area contributed by atoms with Gasteiger partial charge in [0, 0.05) is 19.6 Å². The minimum atomic E-state index is -0.0209. The summed E-state index contributed by atoms with van der Waals surface area (Å²) < 4.78 is 0. The van der Waals surface area contributed by atoms with Crippen LogP contribution in [0.2, 0.25) is 0 Å². The second-order valence-corrected chi connectivity index (χ2v) is 7.08. The Morgan fingerprint density at radius 2 is 2.22 bits per heavy atom. The molecule has 128 valence electrons. The van der Waals surface area contributed by atoms with Crippen molar-refractivity contribution in [3.63, 3.8) is 0 Å². The van der Waals surface area contributed by atoms with E-state index in [0.29, 0.717) is 12.5 Å². The third kappa shape index (κ3) is 4.68. The normalized spacial score (nSPS) is 24.1. The number of carbonyl (C=O) groups excluding carboxylic acids is 2. The van der Waals surface area contributed by atoms with Crippen molar-refractivity contribution in [2.75, 3.05) is 26.2 Å². The number of hydrogen-bond acceptors (Lipinski definition) is 4. The van der Waals surface area contributed by atoms with Gasteiger partial charge in [-0.15, -0.1) is 23.7 Å². The molecule has 2 amide bonds. The third-order valence-electron chi connectivity index (χ3n) is 4.48. The standard InChI is InChI=1S/C16H23N3O2S.ClH/c20-15(13-5-1-7-17-13)18-10-12-4-2-8-19(11-12)16(21)14-6-3-9-22-14;/h3,6,9,12-13,17H,1-2,4-5,7-8,10-11H2,(H,18,20);1H. The molecule has 1 aromatic rings. The molecule has 2 aliphatic heterocycles. The van der Waals surface area contributed by atoms with Crippen molar-refractivity contribution in [1.82, 2.24) is 15.5 Å². The van der Waals surface area contributed by atoms with Crippen molar-refractivity contribution in [2.24, 2.45) is 5.92 Å². The average molecular weight is 358 g/mol. The van der Waals surface area contributed by atoms with Crippen LogP contribution in [-0.4, -0.2) is 48.9 Å². The molecule has 0 saturated carbocycles. The van der Waals surface area contributed by atoms with Gasteiger partial charge in [0.2, 0.25) is 5.91 Å². The molecule has 2 fully saturated rings. The van der Waals surface area contributed by atoms with Crippen LogP contribution in [0, 0.1) is 5.92 Å². The Hall–Kier alpha value is -1.11. The maximum Gasteiger partial charge on any atom is 0.263 e. The number of rotatable bonds is 4. The van der Waals surface area contributed by atoms with Crippen molar-refractivity contribution in [2.45, 2.75) is 31.7 Å². The van der Waals surface area contributed by atoms with Gasteiger partial charge in [0.25, 0.3) is 5.91 Å². The quantitative estimate of drug-likeness (QED) is 0.865. The minimum Gasteiger partial charge on any atom is -0.354 e. The van der Waals surface area contributed by atoms with E-state index in [0.717, 1.165) is 50.2 Å². The van der Waals surface area contributed by atoms with Crippen LogP contribution in [0.1, 0.15) is 35.4 Å². The maximum absolute atomic E-state index is 12.4. The van der Waals surface area contributed by atoms with E-state index in [2.05, 4.69) is 10.6 Å². The highest BCUT2D eigenvalue weighted by molar-refractivity contribution is 7.12. The minimum absolute atomic E-state index is 0. The molecule has 5 nitrogen and oxygen atoms in total. The lowest BCUT2D eigenvalue weighted by Gasteiger charge is -2.32. The monoisotopic (exact) mass is 357 g/mol. The summed E-state index contributed by atoms with van der Waals surface area (Å²) >= 11 is 1.49. The first-order chi connectivity index (χ1) is 10.7. The summed E-state index contributed by atoms with van der Waals surface area (Å²) in [5, 5.41) is 8.20. The molecule has 2 atom stereocenters. The van der Waals surface area contributed by atoms with E-state index in [4.69, 9.17) is 0 Å². The molecule has 3 rings (SSSR count). The van der Waals surface area contributed by atoms with Crippen molar-refractivity contribution < 1.29 is 9.59 Å². The van der Waals surface area contributed by atoms with Gasteiger partial charge in [0.15, 0.2) is 0 Å². The molecule has 0 aromatic carbocycles. The molecule has 0 radical (unpaired) electrons. The van der Waals surface area contributed by atoms with Crippen molar-refractivity contribution in [3.05, 3.63) is 22.4 Å². The van der Waals surface area contributed by atoms with Crippen LogP contribution in [0.5, 0.6) is 0 Å². The highest BCUT2D eigenvalue weighted by Crippen LogP contribution is 2.20. The van der Waals surface area contributed by atoms with Gasteiger partial charge in [-0.3, -0.25) is 9.59 Å². The predicted molar refractivity (Wildman–Crippen MR) is 94.2 cm³/mol. The molecular weight excluding hydrogens is 334 g/mol. The van der Waals surface area contributed by atoms with Gasteiger partial charge in [-0.1, -0.05) is 6.07 Å². The Morgan fingerprint density at radius 3 is 2.91 bits per heavy atom. The van der Waals surface area contributed by atoms with Crippen LogP contribution >= 0.6 is 23.7 Å². The first-order valence-electron chi connectivity index (χ1n) is 8.08. The SMILES string of the molecule is Cl.O=C(NCC1CCCN(C(=O)c2cccs2)C1)C1CCCN1. The molecule has 0 spiro atoms. The van der Waals surface area contributed by atoms with Crippen molar-refractivity contribution in [1.29, 1.82) is 0 Å². The Labute approximate surface area is 147 Å². The third-order valence-corrected chi connectivity index (χ3v) is 5.34. The second kappa shape index (κ2) is 8.66. The van der Waals surface area contributed by atoms with Crippen LogP contribution in [0.15, 0.2) is 17.5 Å². The van der Waals surface area contributed by atoms with Gasteiger partial charge < -0.3 is 15.5 Å². The molecule has 2 aliphatic rings. The fourth-order valence-electron chi connectivity index (χ4n) is 3.25. The lowest BCUT2D eigenvalue weighted by molar-refractivity contribution is -0.123. The number of hydrogen-bond donors (Lipinski definition) is 2. The summed E-state index contributed by atoms with van der Waals surface area (Å²) in [5.41, 5.74) is 0. The van der Waals surface area contributed by atoms with Gasteiger partial charge in [-0.05, 0) is 49.6 Å². The summed E-state index contributed by atoms with van der Waals surface area (Å²) in [7, 11) is 0. The summed E-state index contributed by atoms with van der Waals surface area (Å²) in [4.78, 5) is 27.2. The largest absolute Gasteiger partial charge is 0.354 e. The number of halogens is 1. The van der Waals surface area contributed by atoms with Crippen molar-refractivity contribution in [3.8, 4) is 0 Å². The summed E-state index contributed by atoms with van der Waals surface area (Å²) in [5.74, 6) is 0.603. The van der Waals surface area contributed by atoms with E-state index in [-0.39, 0.29) is 30.3 Å². The van der Waals surface area contributed by atoms with Gasteiger partial charge in [-0.25, -0.2) is 0 Å². The lowest BCUT2D eigenvalue weighted by Crippen LogP contribution is -2.46. The molecule has 2 saturated heterocycles. The van der Waals surface area contributed by atoms with E-state index in [1.54, 1.807) is 0 Å². The van der Waals surface area contributed by atoms with Gasteiger partial charge >= 0.3 is 0 Å². The average Bonchev–Trinajstić information content (AvgIpc) is 3.25. The van der Waals surface area contributed by atoms with E-state index >= 15 is 0 Å². The number of piperidine rings is 1. The fraction of sp³-hybridized carbons (Fsp3) is 0.625. The van der Waals surface area contributed by atoms with E-state index in [9.17, 15) is 9.59 Å². The highest BCUT2D eigenvalue weighted by atomic mass is 35.5. The molecular formula is C16H24ClN3O2S. The zero-order valence-electron chi connectivity index (χ0n) is 13.1. The first-order valence-corrected chi connectivity index (χ1v) is 8.96. The first kappa shape index (κ1) is 18.2. The Bertz CT molecular complexity index is 517. The van der Waals surface area contributed by atoms with Crippen LogP contribution in [0.25, 0.3) is 0 Å². The van der Waals surface area contributed by atoms with E-state index in [1.807, 2.05) is 22.4 Å². The van der Waals surface area contributed by atoms with Gasteiger partial charge in [0.1, 0.15) is 0 Å². The zero-order valence-corrected chi connectivity index (χ0v) is 14.8. The number of carbonyl (C=O) groups is 2. The van der Waals surface area contributed by atoms with Gasteiger partial charge in [0.05, 0.1) is 10.9 Å². The lowest BCUT2D eigenvalue weighted by atomic mass is 9.97. The second-order valence-electron chi connectivity index (χ2n) is 6.13. The molecule has 1 aromatic heterocycles. The maximum atomic E-state index is 12.4. The summed E-state index contributed by atoms with van der Waals surface area (Å²) in [6.07, 6.45) is 4.09. The van der Waals surface area contributed by atoms with Crippen LogP contribution in [0.4, 0.5) is 0 Å². The fourth-order valence-corrected chi connectivity index (χ4v) is 3.94. The number of likely N-dealkylation sites (tertiary alicyclic amines) is 1. The van der Waals surface area contributed by atoms with Crippen molar-refractivity contribution >= 4 is 35.6 Å². The van der Waals surface area contributed by atoms with Crippen LogP contribution in [0.3, 0.4) is 0 Å². The Balaban J connectivity index is 0.00000192. The predicted octanol–water partition coefficient (Wildman–Crippen LogP) is 1.89. The smallest absolute Gasteiger partial charge is 0.263 e. The molecule has 2 unspecified atom stereocenters. The number of nitrogens with one attached hydrogen (secondary N) is 2. The number of thiophene rings is 1. The molecule has 7 heteroatoms.